The lowest BCUT2D eigenvalue weighted by Gasteiger charge is -2.34. The van der Waals surface area contributed by atoms with E-state index in [1.54, 1.807) is 0 Å². The van der Waals surface area contributed by atoms with Gasteiger partial charge in [-0.05, 0) is 0 Å². The average Bonchev–Trinajstić information content (AvgIpc) is 3.23. The van der Waals surface area contributed by atoms with Crippen LogP contribution in [0.25, 0.3) is 11.2 Å². The number of rotatable bonds is 7. The van der Waals surface area contributed by atoms with Crippen molar-refractivity contribution in [3.05, 3.63) is 10.4 Å². The lowest BCUT2D eigenvalue weighted by Crippen LogP contribution is -2.41. The number of thioether (sulfide) groups is 1. The molecule has 4 rings (SSSR count). The second-order valence-corrected chi connectivity index (χ2v) is 9.19. The minimum absolute atomic E-state index is 0.0116. The minimum atomic E-state index is -4.59. The number of imidazole rings is 1. The fraction of sp³-hybridized carbons (Fsp3) is 0.600. The molecule has 0 spiro atoms. The molecule has 5 atom stereocenters. The van der Waals surface area contributed by atoms with Crippen LogP contribution >= 0.6 is 19.6 Å². The molecular weight excluding hydrogens is 471 g/mol. The molecule has 0 aromatic carbocycles. The number of phosphoric ester groups is 1. The molecule has 0 aliphatic carbocycles. The van der Waals surface area contributed by atoms with Crippen LogP contribution in [0.3, 0.4) is 0 Å². The predicted molar refractivity (Wildman–Crippen MR) is 107 cm³/mol. The molecule has 1 amide bonds. The summed E-state index contributed by atoms with van der Waals surface area (Å²) in [5.74, 6) is -0.602. The van der Waals surface area contributed by atoms with E-state index in [1.165, 1.54) is 11.7 Å². The van der Waals surface area contributed by atoms with E-state index >= 15 is 0 Å². The van der Waals surface area contributed by atoms with E-state index in [2.05, 4.69) is 24.8 Å². The molecule has 4 heterocycles. The standard InChI is InChI=1S/C15H21N6O9PS/c1-27-3-2-17-7(22)5-32-15-18-8-11(19-14(16)20-12(8)24)21(15)13-9(23)10-6(29-13)4-28-31(25,26)30-10/h6,9-10,13,23H,2-5H2,1H3,(H,17,22)(H,25,26)(H3,16,19,20,24)/p-1/t6?,9?,10-,13-/m1/s1. The Balaban J connectivity index is 1.66. The number of fused-ring (bicyclic) bond motifs is 2. The molecule has 0 saturated carbocycles. The number of hydrogen-bond acceptors (Lipinski definition) is 13. The zero-order chi connectivity index (χ0) is 23.0. The molecule has 15 nitrogen and oxygen atoms in total. The molecule has 0 radical (unpaired) electrons. The van der Waals surface area contributed by atoms with Crippen LogP contribution in [0.15, 0.2) is 9.95 Å². The Kier molecular flexibility index (Phi) is 6.56. The molecule has 0 bridgehead atoms. The van der Waals surface area contributed by atoms with E-state index in [4.69, 9.17) is 19.7 Å². The Morgan fingerprint density at radius 1 is 1.53 bits per heavy atom. The molecule has 17 heteroatoms. The summed E-state index contributed by atoms with van der Waals surface area (Å²) in [7, 11) is -3.08. The van der Waals surface area contributed by atoms with Crippen LogP contribution in [0.4, 0.5) is 5.95 Å². The van der Waals surface area contributed by atoms with Gasteiger partial charge in [-0.3, -0.25) is 23.7 Å². The van der Waals surface area contributed by atoms with Crippen LogP contribution in [0.5, 0.6) is 0 Å². The van der Waals surface area contributed by atoms with Crippen LogP contribution in [-0.4, -0.2) is 81.5 Å². The number of hydrogen-bond donors (Lipinski definition) is 4. The number of H-pyrrole nitrogens is 1. The smallest absolute Gasteiger partial charge is 0.280 e. The molecule has 2 aromatic rings. The second kappa shape index (κ2) is 9.07. The Hall–Kier alpha value is -2.04. The van der Waals surface area contributed by atoms with E-state index in [-0.39, 0.29) is 40.5 Å². The fourth-order valence-electron chi connectivity index (χ4n) is 3.33. The van der Waals surface area contributed by atoms with E-state index in [1.807, 2.05) is 0 Å². The number of nitrogens with zero attached hydrogens (tertiary/aromatic N) is 3. The van der Waals surface area contributed by atoms with Crippen molar-refractivity contribution in [1.29, 1.82) is 0 Å². The molecule has 5 N–H and O–H groups in total. The van der Waals surface area contributed by atoms with Gasteiger partial charge in [-0.1, -0.05) is 11.8 Å². The van der Waals surface area contributed by atoms with Gasteiger partial charge in [-0.25, -0.2) is 4.98 Å². The number of anilines is 1. The first-order chi connectivity index (χ1) is 15.2. The normalized spacial score (nSPS) is 29.8. The van der Waals surface area contributed by atoms with Crippen molar-refractivity contribution in [2.45, 2.75) is 29.7 Å². The summed E-state index contributed by atoms with van der Waals surface area (Å²) in [5.41, 5.74) is 4.92. The summed E-state index contributed by atoms with van der Waals surface area (Å²) in [6, 6.07) is 0. The Bertz CT molecular complexity index is 1120. The summed E-state index contributed by atoms with van der Waals surface area (Å²) >= 11 is 0.961. The van der Waals surface area contributed by atoms with Gasteiger partial charge in [0, 0.05) is 13.7 Å². The topological polar surface area (TPSA) is 216 Å². The van der Waals surface area contributed by atoms with Crippen LogP contribution in [-0.2, 0) is 27.9 Å². The van der Waals surface area contributed by atoms with Crippen molar-refractivity contribution in [3.63, 3.8) is 0 Å². The van der Waals surface area contributed by atoms with Crippen LogP contribution in [0.1, 0.15) is 6.23 Å². The molecule has 176 valence electrons. The SMILES string of the molecule is COCCNC(=O)CSc1nc2c(=O)[nH]c(N)nc2n1[C@@H]1OC2COP(=O)([O-])O[C@H]2C1O. The Labute approximate surface area is 184 Å². The molecule has 2 aromatic heterocycles. The number of amides is 1. The van der Waals surface area contributed by atoms with Gasteiger partial charge in [-0.15, -0.1) is 0 Å². The molecule has 3 unspecified atom stereocenters. The molecule has 2 aliphatic rings. The predicted octanol–water partition coefficient (Wildman–Crippen LogP) is -2.30. The molecular formula is C15H20N6O9PS-. The number of ether oxygens (including phenoxy) is 2. The second-order valence-electron chi connectivity index (χ2n) is 6.89. The monoisotopic (exact) mass is 491 g/mol. The van der Waals surface area contributed by atoms with Gasteiger partial charge < -0.3 is 39.6 Å². The van der Waals surface area contributed by atoms with E-state index < -0.39 is 37.9 Å². The number of aliphatic hydroxyl groups excluding tert-OH is 1. The first-order valence-electron chi connectivity index (χ1n) is 9.34. The number of nitrogen functional groups attached to an aromatic ring is 1. The highest BCUT2D eigenvalue weighted by atomic mass is 32.2. The first kappa shape index (κ1) is 23.1. The summed E-state index contributed by atoms with van der Waals surface area (Å²) < 4.78 is 33.1. The third kappa shape index (κ3) is 4.53. The number of aromatic amines is 1. The van der Waals surface area contributed by atoms with Gasteiger partial charge in [-0.2, -0.15) is 4.98 Å². The van der Waals surface area contributed by atoms with E-state index in [0.29, 0.717) is 13.2 Å². The van der Waals surface area contributed by atoms with Gasteiger partial charge in [0.15, 0.2) is 22.5 Å². The largest absolute Gasteiger partial charge is 0.756 e. The number of nitrogens with two attached hydrogens (primary N) is 1. The molecule has 2 aliphatic heterocycles. The number of phosphoric acid groups is 1. The van der Waals surface area contributed by atoms with Crippen molar-refractivity contribution in [3.8, 4) is 0 Å². The van der Waals surface area contributed by atoms with Gasteiger partial charge in [0.05, 0.1) is 19.0 Å². The van der Waals surface area contributed by atoms with Crippen molar-refractivity contribution >= 4 is 42.6 Å². The maximum Gasteiger partial charge on any atom is 0.280 e. The number of methoxy groups -OCH3 is 1. The van der Waals surface area contributed by atoms with Crippen molar-refractivity contribution in [2.24, 2.45) is 0 Å². The third-order valence-corrected chi connectivity index (χ3v) is 6.63. The quantitative estimate of drug-likeness (QED) is 0.182. The fourth-order valence-corrected chi connectivity index (χ4v) is 5.12. The summed E-state index contributed by atoms with van der Waals surface area (Å²) in [6.45, 7) is 0.292. The maximum absolute atomic E-state index is 12.3. The summed E-state index contributed by atoms with van der Waals surface area (Å²) in [4.78, 5) is 46.7. The third-order valence-electron chi connectivity index (χ3n) is 4.71. The highest BCUT2D eigenvalue weighted by Crippen LogP contribution is 2.50. The lowest BCUT2D eigenvalue weighted by atomic mass is 10.1. The number of aromatic nitrogens is 4. The highest BCUT2D eigenvalue weighted by molar-refractivity contribution is 7.99. The van der Waals surface area contributed by atoms with Crippen molar-refractivity contribution in [1.82, 2.24) is 24.8 Å². The van der Waals surface area contributed by atoms with Gasteiger partial charge in [0.2, 0.25) is 11.9 Å². The Morgan fingerprint density at radius 2 is 2.31 bits per heavy atom. The molecule has 32 heavy (non-hydrogen) atoms. The number of aliphatic hydroxyl groups is 1. The lowest BCUT2D eigenvalue weighted by molar-refractivity contribution is -0.245. The van der Waals surface area contributed by atoms with Crippen molar-refractivity contribution in [2.75, 3.05) is 38.4 Å². The zero-order valence-electron chi connectivity index (χ0n) is 16.6. The van der Waals surface area contributed by atoms with Gasteiger partial charge >= 0.3 is 0 Å². The van der Waals surface area contributed by atoms with Crippen LogP contribution in [0, 0.1) is 0 Å². The summed E-state index contributed by atoms with van der Waals surface area (Å²) in [6.07, 6.45) is -4.84. The van der Waals surface area contributed by atoms with Gasteiger partial charge in [0.25, 0.3) is 13.4 Å². The van der Waals surface area contributed by atoms with E-state index in [0.717, 1.165) is 11.8 Å². The summed E-state index contributed by atoms with van der Waals surface area (Å²) in [5, 5.41) is 13.5. The zero-order valence-corrected chi connectivity index (χ0v) is 18.3. The first-order valence-corrected chi connectivity index (χ1v) is 11.8. The van der Waals surface area contributed by atoms with Crippen LogP contribution in [0.2, 0.25) is 0 Å². The maximum atomic E-state index is 12.3. The average molecular weight is 491 g/mol. The van der Waals surface area contributed by atoms with E-state index in [9.17, 15) is 24.2 Å². The number of carbonyl (C=O) groups is 1. The molecule has 2 saturated heterocycles. The number of nitrogens with one attached hydrogen (secondary N) is 2. The number of carbonyl (C=O) groups excluding carboxylic acids is 1. The van der Waals surface area contributed by atoms with Gasteiger partial charge in [0.1, 0.15) is 18.3 Å². The van der Waals surface area contributed by atoms with Crippen molar-refractivity contribution < 1.29 is 37.9 Å². The highest BCUT2D eigenvalue weighted by Gasteiger charge is 2.51. The molecule has 2 fully saturated rings. The minimum Gasteiger partial charge on any atom is -0.756 e. The Morgan fingerprint density at radius 3 is 3.06 bits per heavy atom. The van der Waals surface area contributed by atoms with Crippen LogP contribution < -0.4 is 21.5 Å².